The van der Waals surface area contributed by atoms with Gasteiger partial charge >= 0.3 is 0 Å². The van der Waals surface area contributed by atoms with Gasteiger partial charge in [0.25, 0.3) is 5.91 Å². The van der Waals surface area contributed by atoms with Crippen LogP contribution in [0.25, 0.3) is 0 Å². The molecule has 1 aliphatic heterocycles. The minimum atomic E-state index is -0.123. The van der Waals surface area contributed by atoms with E-state index in [1.165, 1.54) is 11.3 Å². The lowest BCUT2D eigenvalue weighted by atomic mass is 10.1. The van der Waals surface area contributed by atoms with Crippen molar-refractivity contribution in [3.63, 3.8) is 0 Å². The van der Waals surface area contributed by atoms with Gasteiger partial charge in [0.05, 0.1) is 6.61 Å². The molecule has 0 unspecified atom stereocenters. The molecular weight excluding hydrogens is 336 g/mol. The van der Waals surface area contributed by atoms with Crippen LogP contribution in [0, 0.1) is 0 Å². The Morgan fingerprint density at radius 1 is 1.00 bits per heavy atom. The van der Waals surface area contributed by atoms with Crippen molar-refractivity contribution < 1.29 is 9.53 Å². The third-order valence-corrected chi connectivity index (χ3v) is 4.89. The van der Waals surface area contributed by atoms with Crippen LogP contribution in [-0.2, 0) is 17.8 Å². The first kappa shape index (κ1) is 17.3. The van der Waals surface area contributed by atoms with Crippen LogP contribution in [0.2, 0.25) is 0 Å². The van der Waals surface area contributed by atoms with Crippen LogP contribution in [0.5, 0.6) is 0 Å². The highest BCUT2D eigenvalue weighted by Crippen LogP contribution is 2.34. The highest BCUT2D eigenvalue weighted by molar-refractivity contribution is 6.05. The molecule has 4 nitrogen and oxygen atoms in total. The average Bonchev–Trinajstić information content (AvgIpc) is 3.13. The highest BCUT2D eigenvalue weighted by atomic mass is 16.5. The van der Waals surface area contributed by atoms with E-state index in [0.29, 0.717) is 12.2 Å². The molecule has 4 heteroatoms. The molecule has 0 bridgehead atoms. The van der Waals surface area contributed by atoms with Crippen LogP contribution in [0.3, 0.4) is 0 Å². The Balaban J connectivity index is 1.50. The lowest BCUT2D eigenvalue weighted by molar-refractivity contribution is 0.102. The van der Waals surface area contributed by atoms with Gasteiger partial charge in [0, 0.05) is 36.3 Å². The van der Waals surface area contributed by atoms with Gasteiger partial charge in [0.1, 0.15) is 0 Å². The van der Waals surface area contributed by atoms with Crippen LogP contribution < -0.4 is 10.2 Å². The summed E-state index contributed by atoms with van der Waals surface area (Å²) in [6.07, 6.45) is 1.06. The smallest absolute Gasteiger partial charge is 0.256 e. The number of nitrogens with zero attached hydrogens (tertiary/aromatic N) is 1. The van der Waals surface area contributed by atoms with Gasteiger partial charge in [-0.1, -0.05) is 36.4 Å². The van der Waals surface area contributed by atoms with Gasteiger partial charge in [0.15, 0.2) is 0 Å². The van der Waals surface area contributed by atoms with Crippen LogP contribution in [0.4, 0.5) is 17.1 Å². The van der Waals surface area contributed by atoms with Gasteiger partial charge in [-0.25, -0.2) is 0 Å². The van der Waals surface area contributed by atoms with E-state index in [1.54, 1.807) is 7.11 Å². The second-order valence-corrected chi connectivity index (χ2v) is 6.62. The van der Waals surface area contributed by atoms with Crippen molar-refractivity contribution in [2.75, 3.05) is 23.9 Å². The fourth-order valence-corrected chi connectivity index (χ4v) is 3.55. The summed E-state index contributed by atoms with van der Waals surface area (Å²) in [4.78, 5) is 15.0. The van der Waals surface area contributed by atoms with E-state index < -0.39 is 0 Å². The van der Waals surface area contributed by atoms with Crippen molar-refractivity contribution in [3.8, 4) is 0 Å². The maximum atomic E-state index is 12.6. The minimum absolute atomic E-state index is 0.123. The summed E-state index contributed by atoms with van der Waals surface area (Å²) in [5.41, 5.74) is 6.08. The summed E-state index contributed by atoms with van der Waals surface area (Å²) >= 11 is 0. The molecule has 1 N–H and O–H groups in total. The zero-order valence-corrected chi connectivity index (χ0v) is 15.3. The Hall–Kier alpha value is -3.11. The monoisotopic (exact) mass is 358 g/mol. The third kappa shape index (κ3) is 3.57. The zero-order chi connectivity index (χ0) is 18.6. The van der Waals surface area contributed by atoms with Crippen LogP contribution in [0.15, 0.2) is 72.8 Å². The van der Waals surface area contributed by atoms with E-state index in [1.807, 2.05) is 36.4 Å². The molecule has 3 aromatic rings. The summed E-state index contributed by atoms with van der Waals surface area (Å²) in [6.45, 7) is 1.40. The number of para-hydroxylation sites is 1. The van der Waals surface area contributed by atoms with E-state index >= 15 is 0 Å². The van der Waals surface area contributed by atoms with Gasteiger partial charge in [-0.15, -0.1) is 0 Å². The normalized spacial score (nSPS) is 12.7. The molecular formula is C23H22N2O2. The van der Waals surface area contributed by atoms with E-state index in [4.69, 9.17) is 4.74 Å². The van der Waals surface area contributed by atoms with Crippen molar-refractivity contribution in [3.05, 3.63) is 89.5 Å². The second-order valence-electron chi connectivity index (χ2n) is 6.62. The summed E-state index contributed by atoms with van der Waals surface area (Å²) in [7, 11) is 1.63. The molecule has 3 aromatic carbocycles. The molecule has 0 aliphatic carbocycles. The van der Waals surface area contributed by atoms with Crippen molar-refractivity contribution in [2.24, 2.45) is 0 Å². The van der Waals surface area contributed by atoms with Crippen molar-refractivity contribution >= 4 is 23.0 Å². The molecule has 0 fully saturated rings. The first-order chi connectivity index (χ1) is 13.3. The predicted molar refractivity (Wildman–Crippen MR) is 109 cm³/mol. The number of hydrogen-bond donors (Lipinski definition) is 1. The highest BCUT2D eigenvalue weighted by Gasteiger charge is 2.19. The molecule has 0 saturated heterocycles. The number of amides is 1. The molecule has 0 radical (unpaired) electrons. The largest absolute Gasteiger partial charge is 0.380 e. The van der Waals surface area contributed by atoms with Gasteiger partial charge in [0.2, 0.25) is 0 Å². The number of carbonyl (C=O) groups excluding carboxylic acids is 1. The van der Waals surface area contributed by atoms with E-state index in [0.717, 1.165) is 29.9 Å². The number of rotatable bonds is 5. The number of nitrogens with one attached hydrogen (secondary N) is 1. The summed E-state index contributed by atoms with van der Waals surface area (Å²) in [6, 6.07) is 24.0. The SMILES string of the molecule is COCc1ccccc1C(=O)Nc1ccc(N2CCc3ccccc32)cc1. The third-order valence-electron chi connectivity index (χ3n) is 4.89. The number of hydrogen-bond acceptors (Lipinski definition) is 3. The molecule has 4 rings (SSSR count). The van der Waals surface area contributed by atoms with Gasteiger partial charge in [-0.3, -0.25) is 4.79 Å². The fourth-order valence-electron chi connectivity index (χ4n) is 3.55. The summed E-state index contributed by atoms with van der Waals surface area (Å²) in [5.74, 6) is -0.123. The minimum Gasteiger partial charge on any atom is -0.380 e. The molecule has 0 spiro atoms. The maximum Gasteiger partial charge on any atom is 0.256 e. The quantitative estimate of drug-likeness (QED) is 0.714. The Bertz CT molecular complexity index is 951. The lowest BCUT2D eigenvalue weighted by Gasteiger charge is -2.20. The molecule has 27 heavy (non-hydrogen) atoms. The van der Waals surface area contributed by atoms with Crippen molar-refractivity contribution in [1.82, 2.24) is 0 Å². The second kappa shape index (κ2) is 7.64. The summed E-state index contributed by atoms with van der Waals surface area (Å²) in [5, 5.41) is 2.98. The average molecular weight is 358 g/mol. The Morgan fingerprint density at radius 2 is 1.74 bits per heavy atom. The topological polar surface area (TPSA) is 41.6 Å². The Kier molecular flexibility index (Phi) is 4.90. The summed E-state index contributed by atoms with van der Waals surface area (Å²) < 4.78 is 5.18. The first-order valence-electron chi connectivity index (χ1n) is 9.10. The molecule has 0 saturated carbocycles. The zero-order valence-electron chi connectivity index (χ0n) is 15.3. The number of carbonyl (C=O) groups is 1. The maximum absolute atomic E-state index is 12.6. The van der Waals surface area contributed by atoms with E-state index in [2.05, 4.69) is 46.6 Å². The fraction of sp³-hybridized carbons (Fsp3) is 0.174. The van der Waals surface area contributed by atoms with Crippen molar-refractivity contribution in [2.45, 2.75) is 13.0 Å². The van der Waals surface area contributed by atoms with E-state index in [9.17, 15) is 4.79 Å². The number of ether oxygens (including phenoxy) is 1. The first-order valence-corrected chi connectivity index (χ1v) is 9.10. The molecule has 136 valence electrons. The predicted octanol–water partition coefficient (Wildman–Crippen LogP) is 4.78. The van der Waals surface area contributed by atoms with Crippen molar-refractivity contribution in [1.29, 1.82) is 0 Å². The molecule has 1 heterocycles. The Morgan fingerprint density at radius 3 is 2.56 bits per heavy atom. The Labute approximate surface area is 159 Å². The molecule has 0 aromatic heterocycles. The van der Waals surface area contributed by atoms with Crippen LogP contribution >= 0.6 is 0 Å². The lowest BCUT2D eigenvalue weighted by Crippen LogP contribution is -2.15. The van der Waals surface area contributed by atoms with Crippen LogP contribution in [0.1, 0.15) is 21.5 Å². The van der Waals surface area contributed by atoms with E-state index in [-0.39, 0.29) is 5.91 Å². The molecule has 1 amide bonds. The molecule has 1 aliphatic rings. The van der Waals surface area contributed by atoms with Gasteiger partial charge < -0.3 is 15.0 Å². The number of anilines is 3. The number of methoxy groups -OCH3 is 1. The van der Waals surface area contributed by atoms with Gasteiger partial charge in [-0.05, 0) is 53.9 Å². The standard InChI is InChI=1S/C23H22N2O2/c1-27-16-18-7-2-4-8-21(18)23(26)24-19-10-12-20(13-11-19)25-15-14-17-6-3-5-9-22(17)25/h2-13H,14-16H2,1H3,(H,24,26). The molecule has 0 atom stereocenters. The van der Waals surface area contributed by atoms with Gasteiger partial charge in [-0.2, -0.15) is 0 Å². The number of fused-ring (bicyclic) bond motifs is 1. The van der Waals surface area contributed by atoms with Crippen LogP contribution in [-0.4, -0.2) is 19.6 Å². The number of benzene rings is 3.